The fourth-order valence-corrected chi connectivity index (χ4v) is 7.00. The molecule has 4 heterocycles. The van der Waals surface area contributed by atoms with Crippen LogP contribution in [0.3, 0.4) is 0 Å². The summed E-state index contributed by atoms with van der Waals surface area (Å²) in [5, 5.41) is 3.03. The van der Waals surface area contributed by atoms with Crippen LogP contribution in [0.1, 0.15) is 93.7 Å². The van der Waals surface area contributed by atoms with Gasteiger partial charge in [0.1, 0.15) is 11.6 Å². The van der Waals surface area contributed by atoms with Gasteiger partial charge in [0.25, 0.3) is 0 Å². The predicted molar refractivity (Wildman–Crippen MR) is 140 cm³/mol. The predicted octanol–water partition coefficient (Wildman–Crippen LogP) is 4.45. The van der Waals surface area contributed by atoms with E-state index in [9.17, 15) is 14.0 Å². The topological polar surface area (TPSA) is 70.5 Å². The Labute approximate surface area is 219 Å². The van der Waals surface area contributed by atoms with E-state index in [-0.39, 0.29) is 23.7 Å². The van der Waals surface area contributed by atoms with Gasteiger partial charge in [-0.2, -0.15) is 0 Å². The van der Waals surface area contributed by atoms with E-state index in [2.05, 4.69) is 21.7 Å². The normalized spacial score (nSPS) is 24.1. The minimum Gasteiger partial charge on any atom is -0.349 e. The van der Waals surface area contributed by atoms with Gasteiger partial charge < -0.3 is 14.8 Å². The highest BCUT2D eigenvalue weighted by Crippen LogP contribution is 2.43. The number of benzene rings is 1. The second-order valence-electron chi connectivity index (χ2n) is 11.1. The Bertz CT molecular complexity index is 1130. The smallest absolute Gasteiger partial charge is 0.222 e. The highest BCUT2D eigenvalue weighted by Gasteiger charge is 2.42. The lowest BCUT2D eigenvalue weighted by Crippen LogP contribution is -2.45. The summed E-state index contributed by atoms with van der Waals surface area (Å²) < 4.78 is 16.4. The second kappa shape index (κ2) is 10.9. The number of piperidine rings is 1. The van der Waals surface area contributed by atoms with Crippen molar-refractivity contribution in [2.45, 2.75) is 103 Å². The molecule has 1 unspecified atom stereocenters. The van der Waals surface area contributed by atoms with E-state index >= 15 is 0 Å². The Kier molecular flexibility index (Phi) is 7.65. The largest absolute Gasteiger partial charge is 0.349 e. The number of nitrogens with one attached hydrogen (secondary N) is 1. The Hall–Kier alpha value is -2.74. The van der Waals surface area contributed by atoms with Gasteiger partial charge in [-0.15, -0.1) is 0 Å². The number of rotatable bonds is 8. The van der Waals surface area contributed by atoms with Crippen LogP contribution in [0.15, 0.2) is 24.3 Å². The Balaban J connectivity index is 1.26. The lowest BCUT2D eigenvalue weighted by atomic mass is 9.94. The van der Waals surface area contributed by atoms with Crippen molar-refractivity contribution < 1.29 is 14.0 Å². The van der Waals surface area contributed by atoms with Crippen LogP contribution in [0.4, 0.5) is 4.39 Å². The number of aryl methyl sites for hydroxylation is 1. The zero-order valence-electron chi connectivity index (χ0n) is 22.4. The molecule has 2 aromatic rings. The number of carbonyl (C=O) groups excluding carboxylic acids is 2. The van der Waals surface area contributed by atoms with Crippen LogP contribution in [-0.4, -0.2) is 56.3 Å². The van der Waals surface area contributed by atoms with Crippen molar-refractivity contribution in [3.8, 4) is 0 Å². The number of amides is 2. The van der Waals surface area contributed by atoms with Gasteiger partial charge in [0, 0.05) is 56.7 Å². The van der Waals surface area contributed by atoms with Gasteiger partial charge in [-0.05, 0) is 63.1 Å². The number of nitrogens with zero attached hydrogens (tertiary/aromatic N) is 4. The molecule has 0 radical (unpaired) electrons. The van der Waals surface area contributed by atoms with Gasteiger partial charge in [0.15, 0.2) is 0 Å². The third-order valence-corrected chi connectivity index (χ3v) is 8.57. The van der Waals surface area contributed by atoms with Gasteiger partial charge in [-0.25, -0.2) is 9.37 Å². The van der Waals surface area contributed by atoms with Gasteiger partial charge in [-0.1, -0.05) is 19.1 Å². The first kappa shape index (κ1) is 25.9. The molecule has 2 saturated heterocycles. The van der Waals surface area contributed by atoms with Crippen molar-refractivity contribution in [2.24, 2.45) is 0 Å². The zero-order valence-corrected chi connectivity index (χ0v) is 22.4. The fraction of sp³-hybridized carbons (Fsp3) is 0.621. The molecule has 2 bridgehead atoms. The maximum Gasteiger partial charge on any atom is 0.222 e. The highest BCUT2D eigenvalue weighted by molar-refractivity contribution is 5.76. The van der Waals surface area contributed by atoms with Gasteiger partial charge >= 0.3 is 0 Å². The lowest BCUT2D eigenvalue weighted by molar-refractivity contribution is -0.132. The van der Waals surface area contributed by atoms with Crippen molar-refractivity contribution in [1.29, 1.82) is 0 Å². The molecule has 1 aromatic carbocycles. The first-order valence-electron chi connectivity index (χ1n) is 14.0. The third kappa shape index (κ3) is 5.44. The number of imidazole rings is 1. The van der Waals surface area contributed by atoms with E-state index < -0.39 is 0 Å². The van der Waals surface area contributed by atoms with Gasteiger partial charge in [0.05, 0.1) is 18.3 Å². The summed E-state index contributed by atoms with van der Waals surface area (Å²) in [5.74, 6) is 0.948. The second-order valence-corrected chi connectivity index (χ2v) is 11.1. The summed E-state index contributed by atoms with van der Waals surface area (Å²) in [6.45, 7) is 8.00. The van der Waals surface area contributed by atoms with Crippen LogP contribution in [-0.2, 0) is 22.6 Å². The van der Waals surface area contributed by atoms with E-state index in [0.29, 0.717) is 31.1 Å². The molecular weight excluding hydrogens is 469 g/mol. The van der Waals surface area contributed by atoms with Crippen molar-refractivity contribution in [1.82, 2.24) is 24.7 Å². The molecule has 200 valence electrons. The van der Waals surface area contributed by atoms with Crippen LogP contribution < -0.4 is 5.32 Å². The van der Waals surface area contributed by atoms with Crippen molar-refractivity contribution >= 4 is 11.8 Å². The molecule has 1 aromatic heterocycles. The van der Waals surface area contributed by atoms with E-state index in [4.69, 9.17) is 4.98 Å². The monoisotopic (exact) mass is 509 g/mol. The van der Waals surface area contributed by atoms with E-state index in [1.807, 2.05) is 17.9 Å². The molecular formula is C29H40FN5O2. The number of aromatic nitrogens is 2. The van der Waals surface area contributed by atoms with Crippen LogP contribution in [0.5, 0.6) is 0 Å². The SMILES string of the molecule is CCCC(=O)N1CCc2c(nc(C)n2C2C[C@H]3CC[C@@H](C2)N3CC[C@H](NC(C)=O)c2cccc(F)c2)C1. The van der Waals surface area contributed by atoms with Gasteiger partial charge in [-0.3, -0.25) is 14.5 Å². The molecule has 37 heavy (non-hydrogen) atoms. The molecule has 7 nitrogen and oxygen atoms in total. The zero-order chi connectivity index (χ0) is 26.1. The summed E-state index contributed by atoms with van der Waals surface area (Å²) in [6, 6.07) is 7.86. The molecule has 8 heteroatoms. The molecule has 2 fully saturated rings. The minimum absolute atomic E-state index is 0.0914. The van der Waals surface area contributed by atoms with Crippen LogP contribution in [0.25, 0.3) is 0 Å². The number of hydrogen-bond acceptors (Lipinski definition) is 4. The van der Waals surface area contributed by atoms with Crippen LogP contribution in [0.2, 0.25) is 0 Å². The van der Waals surface area contributed by atoms with E-state index in [1.165, 1.54) is 37.6 Å². The third-order valence-electron chi connectivity index (χ3n) is 8.57. The number of hydrogen-bond donors (Lipinski definition) is 1. The van der Waals surface area contributed by atoms with E-state index in [0.717, 1.165) is 62.3 Å². The molecule has 1 N–H and O–H groups in total. The molecule has 0 saturated carbocycles. The average molecular weight is 510 g/mol. The van der Waals surface area contributed by atoms with Gasteiger partial charge in [0.2, 0.25) is 11.8 Å². The van der Waals surface area contributed by atoms with Crippen LogP contribution >= 0.6 is 0 Å². The maximum absolute atomic E-state index is 13.9. The van der Waals surface area contributed by atoms with Crippen LogP contribution in [0, 0.1) is 12.7 Å². The average Bonchev–Trinajstić information content (AvgIpc) is 3.31. The number of halogens is 1. The standard InChI is InChI=1S/C29H40FN5O2/c1-4-6-29(37)33-13-12-28-27(18-33)31-19(2)35(28)25-16-23-9-10-24(17-25)34(23)14-11-26(32-20(3)36)21-7-5-8-22(30)15-21/h5,7-8,15,23-26H,4,6,9-14,16-18H2,1-3H3,(H,32,36)/t23-,24+,25?,26-/m0/s1. The quantitative estimate of drug-likeness (QED) is 0.571. The summed E-state index contributed by atoms with van der Waals surface area (Å²) in [5.41, 5.74) is 3.23. The summed E-state index contributed by atoms with van der Waals surface area (Å²) in [7, 11) is 0. The highest BCUT2D eigenvalue weighted by atomic mass is 19.1. The Morgan fingerprint density at radius 1 is 1.19 bits per heavy atom. The Morgan fingerprint density at radius 2 is 1.95 bits per heavy atom. The fourth-order valence-electron chi connectivity index (χ4n) is 7.00. The summed E-state index contributed by atoms with van der Waals surface area (Å²) >= 11 is 0. The number of carbonyl (C=O) groups is 2. The molecule has 5 rings (SSSR count). The summed E-state index contributed by atoms with van der Waals surface area (Å²) in [4.78, 5) is 33.8. The van der Waals surface area contributed by atoms with Crippen molar-refractivity contribution in [2.75, 3.05) is 13.1 Å². The van der Waals surface area contributed by atoms with E-state index in [1.54, 1.807) is 6.07 Å². The number of fused-ring (bicyclic) bond motifs is 3. The lowest BCUT2D eigenvalue weighted by Gasteiger charge is -2.41. The first-order chi connectivity index (χ1) is 17.8. The molecule has 4 atom stereocenters. The maximum atomic E-state index is 13.9. The Morgan fingerprint density at radius 3 is 2.62 bits per heavy atom. The first-order valence-corrected chi connectivity index (χ1v) is 14.0. The minimum atomic E-state index is -0.273. The summed E-state index contributed by atoms with van der Waals surface area (Å²) in [6.07, 6.45) is 7.73. The molecule has 3 aliphatic heterocycles. The van der Waals surface area contributed by atoms with Crippen molar-refractivity contribution in [3.05, 3.63) is 52.9 Å². The molecule has 0 spiro atoms. The molecule has 3 aliphatic rings. The molecule has 0 aliphatic carbocycles. The van der Waals surface area contributed by atoms with Crippen molar-refractivity contribution in [3.63, 3.8) is 0 Å². The molecule has 2 amide bonds.